The molecule has 4 aliphatic carbocycles. The number of piperidine rings is 2. The molecule has 8 rings (SSSR count). The Balaban J connectivity index is 0.795. The van der Waals surface area contributed by atoms with E-state index in [-0.39, 0.29) is 46.3 Å². The van der Waals surface area contributed by atoms with Crippen LogP contribution in [-0.4, -0.2) is 142 Å². The number of likely N-dealkylation sites (N-methyl/N-ethyl adjacent to an activating group) is 2. The van der Waals surface area contributed by atoms with E-state index in [9.17, 15) is 9.59 Å². The molecular formula is C46H60N2O11. The summed E-state index contributed by atoms with van der Waals surface area (Å²) < 4.78 is 53.1. The van der Waals surface area contributed by atoms with Gasteiger partial charge in [-0.05, 0) is 88.3 Å². The maximum atomic E-state index is 13.3. The summed E-state index contributed by atoms with van der Waals surface area (Å²) in [5, 5.41) is 0. The number of hydrogen-bond acceptors (Lipinski definition) is 13. The van der Waals surface area contributed by atoms with Gasteiger partial charge in [0.15, 0.2) is 46.1 Å². The molecule has 2 aromatic carbocycles. The maximum Gasteiger partial charge on any atom is 0.197 e. The summed E-state index contributed by atoms with van der Waals surface area (Å²) in [4.78, 5) is 31.4. The molecule has 0 unspecified atom stereocenters. The molecule has 59 heavy (non-hydrogen) atoms. The van der Waals surface area contributed by atoms with Gasteiger partial charge < -0.3 is 52.4 Å². The number of hydrogen-bond donors (Lipinski definition) is 0. The number of carbonyl (C=O) groups is 2. The van der Waals surface area contributed by atoms with Crippen LogP contribution in [0.2, 0.25) is 0 Å². The summed E-state index contributed by atoms with van der Waals surface area (Å²) in [6, 6.07) is 8.79. The molecule has 0 spiro atoms. The highest BCUT2D eigenvalue weighted by molar-refractivity contribution is 5.97. The number of fused-ring (bicyclic) bond motifs is 2. The van der Waals surface area contributed by atoms with Crippen molar-refractivity contribution in [2.45, 2.75) is 61.4 Å². The van der Waals surface area contributed by atoms with Gasteiger partial charge >= 0.3 is 0 Å². The summed E-state index contributed by atoms with van der Waals surface area (Å²) in [6.45, 7) is 4.92. The SMILES string of the molecule is COC1=C[C@@H]2[C@@H]3Cc4ccc(OC)c(OCCOCCOCCOCCOc5c(OC)ccc6c5[C@@]57CCN(C)[C@@H](C6)[C@H]5C=C(OC)C(=O)C7)c4[C@]2(CCN3C)CC1=O. The molecule has 13 heteroatoms. The number of nitrogens with zero attached hydrogens (tertiary/aromatic N) is 2. The summed E-state index contributed by atoms with van der Waals surface area (Å²) >= 11 is 0. The monoisotopic (exact) mass is 816 g/mol. The zero-order chi connectivity index (χ0) is 41.3. The third-order valence-corrected chi connectivity index (χ3v) is 14.1. The van der Waals surface area contributed by atoms with E-state index in [0.717, 1.165) is 49.9 Å². The maximum absolute atomic E-state index is 13.3. The summed E-state index contributed by atoms with van der Waals surface area (Å²) in [6.07, 6.45) is 8.34. The first-order chi connectivity index (χ1) is 28.7. The van der Waals surface area contributed by atoms with E-state index >= 15 is 0 Å². The van der Waals surface area contributed by atoms with Crippen molar-refractivity contribution in [3.8, 4) is 23.0 Å². The van der Waals surface area contributed by atoms with Crippen LogP contribution in [-0.2, 0) is 56.9 Å². The minimum absolute atomic E-state index is 0.0358. The Morgan fingerprint density at radius 3 is 1.32 bits per heavy atom. The van der Waals surface area contributed by atoms with E-state index in [4.69, 9.17) is 42.6 Å². The van der Waals surface area contributed by atoms with E-state index in [1.54, 1.807) is 28.4 Å². The molecule has 2 fully saturated rings. The van der Waals surface area contributed by atoms with Crippen molar-refractivity contribution < 1.29 is 52.2 Å². The van der Waals surface area contributed by atoms with Gasteiger partial charge in [-0.1, -0.05) is 12.1 Å². The molecule has 2 saturated heterocycles. The predicted octanol–water partition coefficient (Wildman–Crippen LogP) is 4.45. The Labute approximate surface area is 347 Å². The lowest BCUT2D eigenvalue weighted by atomic mass is 9.53. The number of benzene rings is 2. The molecule has 2 aromatic rings. The second kappa shape index (κ2) is 17.5. The third-order valence-electron chi connectivity index (χ3n) is 14.1. The predicted molar refractivity (Wildman–Crippen MR) is 219 cm³/mol. The van der Waals surface area contributed by atoms with Gasteiger partial charge in [-0.3, -0.25) is 9.59 Å². The third kappa shape index (κ3) is 7.41. The number of ether oxygens (including phenoxy) is 9. The van der Waals surface area contributed by atoms with Gasteiger partial charge in [0, 0.05) is 58.7 Å². The van der Waals surface area contributed by atoms with Gasteiger partial charge in [0.05, 0.1) is 68.1 Å². The fourth-order valence-corrected chi connectivity index (χ4v) is 11.3. The standard InChI is InChI=1S/C46H60N2O11/c1-47-13-11-45-27-35(49)39(53-5)25-31(45)33(47)23-29-7-9-37(51-3)43(41(29)45)58-21-19-56-17-15-55-16-18-57-20-22-59-44-38(52-4)10-8-30-24-34-32-26-40(54-6)36(50)28-46(32,42(30)44)12-14-48(34)2/h7-10,25-26,31-34H,11-24,27-28H2,1-6H3/t31-,32-,33+,34+,45-,46-/m1/s1. The van der Waals surface area contributed by atoms with E-state index in [0.29, 0.717) is 100 Å². The van der Waals surface area contributed by atoms with Gasteiger partial charge in [-0.25, -0.2) is 0 Å². The first-order valence-electron chi connectivity index (χ1n) is 21.1. The Bertz CT molecular complexity index is 1830. The number of ketones is 2. The van der Waals surface area contributed by atoms with Crippen LogP contribution in [0.15, 0.2) is 47.9 Å². The first kappa shape index (κ1) is 41.6. The zero-order valence-electron chi connectivity index (χ0n) is 35.5. The molecule has 4 bridgehead atoms. The highest BCUT2D eigenvalue weighted by atomic mass is 16.6. The average Bonchev–Trinajstić information content (AvgIpc) is 3.24. The molecule has 0 N–H and O–H groups in total. The highest BCUT2D eigenvalue weighted by Gasteiger charge is 2.58. The second-order valence-corrected chi connectivity index (χ2v) is 16.8. The van der Waals surface area contributed by atoms with Crippen LogP contribution in [0.1, 0.15) is 47.9 Å². The Kier molecular flexibility index (Phi) is 12.3. The van der Waals surface area contributed by atoms with Gasteiger partial charge in [0.1, 0.15) is 13.2 Å². The van der Waals surface area contributed by atoms with Crippen molar-refractivity contribution in [1.29, 1.82) is 0 Å². The van der Waals surface area contributed by atoms with Crippen LogP contribution in [0.4, 0.5) is 0 Å². The minimum atomic E-state index is -0.367. The smallest absolute Gasteiger partial charge is 0.197 e. The van der Waals surface area contributed by atoms with Gasteiger partial charge in [-0.15, -0.1) is 0 Å². The molecule has 320 valence electrons. The van der Waals surface area contributed by atoms with Crippen LogP contribution in [0, 0.1) is 11.8 Å². The molecule has 0 radical (unpaired) electrons. The van der Waals surface area contributed by atoms with Crippen LogP contribution in [0.25, 0.3) is 0 Å². The van der Waals surface area contributed by atoms with Crippen LogP contribution in [0.3, 0.4) is 0 Å². The average molecular weight is 817 g/mol. The van der Waals surface area contributed by atoms with E-state index in [1.165, 1.54) is 11.1 Å². The van der Waals surface area contributed by atoms with Crippen LogP contribution in [0.5, 0.6) is 23.0 Å². The van der Waals surface area contributed by atoms with Crippen molar-refractivity contribution in [1.82, 2.24) is 9.80 Å². The van der Waals surface area contributed by atoms with E-state index in [2.05, 4.69) is 48.2 Å². The Hall–Kier alpha value is -4.14. The molecule has 6 atom stereocenters. The van der Waals surface area contributed by atoms with E-state index in [1.807, 2.05) is 12.1 Å². The minimum Gasteiger partial charge on any atom is -0.493 e. The van der Waals surface area contributed by atoms with Crippen molar-refractivity contribution in [3.63, 3.8) is 0 Å². The van der Waals surface area contributed by atoms with E-state index < -0.39 is 0 Å². The molecule has 13 nitrogen and oxygen atoms in total. The molecule has 0 aromatic heterocycles. The van der Waals surface area contributed by atoms with Crippen molar-refractivity contribution >= 4 is 11.6 Å². The highest BCUT2D eigenvalue weighted by Crippen LogP contribution is 2.59. The Morgan fingerprint density at radius 1 is 0.559 bits per heavy atom. The summed E-state index contributed by atoms with van der Waals surface area (Å²) in [5.41, 5.74) is 3.89. The molecule has 2 aliphatic heterocycles. The topological polar surface area (TPSA) is 124 Å². The Morgan fingerprint density at radius 2 is 0.949 bits per heavy atom. The number of likely N-dealkylation sites (tertiary alicyclic amines) is 2. The number of methoxy groups -OCH3 is 4. The number of carbonyl (C=O) groups excluding carboxylic acids is 2. The van der Waals surface area contributed by atoms with Gasteiger partial charge in [0.25, 0.3) is 0 Å². The van der Waals surface area contributed by atoms with Crippen molar-refractivity contribution in [2.75, 3.05) is 108 Å². The van der Waals surface area contributed by atoms with Gasteiger partial charge in [-0.2, -0.15) is 0 Å². The molecule has 2 heterocycles. The summed E-state index contributed by atoms with van der Waals surface area (Å²) in [5.74, 6) is 4.05. The normalized spacial score (nSPS) is 28.3. The van der Waals surface area contributed by atoms with Crippen LogP contribution >= 0.6 is 0 Å². The zero-order valence-corrected chi connectivity index (χ0v) is 35.5. The quantitative estimate of drug-likeness (QED) is 0.197. The number of allylic oxidation sites excluding steroid dienone is 2. The largest absolute Gasteiger partial charge is 0.493 e. The molecular weight excluding hydrogens is 757 g/mol. The van der Waals surface area contributed by atoms with Gasteiger partial charge in [0.2, 0.25) is 0 Å². The summed E-state index contributed by atoms with van der Waals surface area (Å²) in [7, 11) is 10.8. The lowest BCUT2D eigenvalue weighted by molar-refractivity contribution is -0.123. The number of Topliss-reactive ketones (excluding diaryl/α,β-unsaturated/α-hetero) is 2. The lowest BCUT2D eigenvalue weighted by Crippen LogP contribution is -2.60. The second-order valence-electron chi connectivity index (χ2n) is 16.8. The van der Waals surface area contributed by atoms with Crippen molar-refractivity contribution in [3.05, 3.63) is 70.2 Å². The van der Waals surface area contributed by atoms with Crippen molar-refractivity contribution in [2.24, 2.45) is 11.8 Å². The number of rotatable bonds is 18. The lowest BCUT2D eigenvalue weighted by Gasteiger charge is -2.56. The molecule has 0 saturated carbocycles. The first-order valence-corrected chi connectivity index (χ1v) is 21.1. The van der Waals surface area contributed by atoms with Crippen LogP contribution < -0.4 is 18.9 Å². The molecule has 0 amide bonds. The fraction of sp³-hybridized carbons (Fsp3) is 0.609. The fourth-order valence-electron chi connectivity index (χ4n) is 11.3. The molecule has 6 aliphatic rings.